The number of pyridine rings is 1. The zero-order valence-electron chi connectivity index (χ0n) is 12.5. The number of carbonyl (C=O) groups excluding carboxylic acids is 1. The molecule has 1 aliphatic rings. The lowest BCUT2D eigenvalue weighted by Crippen LogP contribution is -2.31. The van der Waals surface area contributed by atoms with E-state index in [-0.39, 0.29) is 11.9 Å². The molecule has 2 heterocycles. The Labute approximate surface area is 121 Å². The minimum atomic E-state index is 0.231. The topological polar surface area (TPSA) is 45.2 Å². The van der Waals surface area contributed by atoms with E-state index >= 15 is 0 Å². The Morgan fingerprint density at radius 2 is 2.40 bits per heavy atom. The molecule has 1 fully saturated rings. The van der Waals surface area contributed by atoms with Crippen molar-refractivity contribution in [1.29, 1.82) is 0 Å². The van der Waals surface area contributed by atoms with Gasteiger partial charge in [-0.25, -0.2) is 0 Å². The molecule has 0 bridgehead atoms. The van der Waals surface area contributed by atoms with Crippen LogP contribution in [0.3, 0.4) is 0 Å². The van der Waals surface area contributed by atoms with Crippen molar-refractivity contribution in [2.75, 3.05) is 13.1 Å². The van der Waals surface area contributed by atoms with Gasteiger partial charge in [0.15, 0.2) is 0 Å². The second-order valence-electron chi connectivity index (χ2n) is 5.74. The molecule has 4 nitrogen and oxygen atoms in total. The van der Waals surface area contributed by atoms with Gasteiger partial charge in [0.25, 0.3) is 0 Å². The highest BCUT2D eigenvalue weighted by atomic mass is 16.2. The third-order valence-corrected chi connectivity index (χ3v) is 3.76. The molecule has 1 aromatic rings. The Kier molecular flexibility index (Phi) is 5.53. The number of aromatic nitrogens is 1. The zero-order chi connectivity index (χ0) is 14.4. The number of likely N-dealkylation sites (tertiary alicyclic amines) is 1. The van der Waals surface area contributed by atoms with E-state index in [9.17, 15) is 4.79 Å². The smallest absolute Gasteiger partial charge is 0.223 e. The zero-order valence-corrected chi connectivity index (χ0v) is 12.5. The first kappa shape index (κ1) is 15.0. The van der Waals surface area contributed by atoms with Crippen LogP contribution in [-0.4, -0.2) is 34.9 Å². The van der Waals surface area contributed by atoms with Gasteiger partial charge in [-0.05, 0) is 37.4 Å². The van der Waals surface area contributed by atoms with E-state index in [1.807, 2.05) is 17.2 Å². The van der Waals surface area contributed by atoms with Crippen LogP contribution in [0.2, 0.25) is 0 Å². The average Bonchev–Trinajstić information content (AvgIpc) is 2.93. The lowest BCUT2D eigenvalue weighted by atomic mass is 10.1. The average molecular weight is 275 g/mol. The van der Waals surface area contributed by atoms with Crippen LogP contribution in [0.1, 0.15) is 51.1 Å². The molecule has 0 saturated carbocycles. The molecule has 2 rings (SSSR count). The van der Waals surface area contributed by atoms with E-state index in [1.54, 1.807) is 6.20 Å². The maximum Gasteiger partial charge on any atom is 0.223 e. The van der Waals surface area contributed by atoms with Crippen LogP contribution in [0.5, 0.6) is 0 Å². The van der Waals surface area contributed by atoms with Gasteiger partial charge < -0.3 is 10.2 Å². The lowest BCUT2D eigenvalue weighted by Gasteiger charge is -2.25. The third kappa shape index (κ3) is 4.04. The number of hydrogen-bond donors (Lipinski definition) is 1. The third-order valence-electron chi connectivity index (χ3n) is 3.76. The predicted octanol–water partition coefficient (Wildman–Crippen LogP) is 2.52. The Morgan fingerprint density at radius 1 is 1.55 bits per heavy atom. The number of amides is 1. The predicted molar refractivity (Wildman–Crippen MR) is 80.3 cm³/mol. The van der Waals surface area contributed by atoms with Crippen LogP contribution in [-0.2, 0) is 4.79 Å². The minimum Gasteiger partial charge on any atom is -0.336 e. The largest absolute Gasteiger partial charge is 0.336 e. The van der Waals surface area contributed by atoms with Crippen molar-refractivity contribution < 1.29 is 4.79 Å². The van der Waals surface area contributed by atoms with Gasteiger partial charge in [-0.3, -0.25) is 9.78 Å². The number of nitrogens with one attached hydrogen (secondary N) is 1. The molecule has 1 atom stereocenters. The molecular formula is C16H25N3O. The van der Waals surface area contributed by atoms with Gasteiger partial charge in [-0.2, -0.15) is 0 Å². The van der Waals surface area contributed by atoms with Crippen molar-refractivity contribution in [3.63, 3.8) is 0 Å². The molecule has 0 spiro atoms. The summed E-state index contributed by atoms with van der Waals surface area (Å²) in [5.41, 5.74) is 1.17. The molecular weight excluding hydrogens is 250 g/mol. The summed E-state index contributed by atoms with van der Waals surface area (Å²) in [5, 5.41) is 3.35. The van der Waals surface area contributed by atoms with Gasteiger partial charge in [0, 0.05) is 31.4 Å². The number of rotatable bonds is 6. The van der Waals surface area contributed by atoms with Gasteiger partial charge in [0.2, 0.25) is 5.91 Å². The summed E-state index contributed by atoms with van der Waals surface area (Å²) in [4.78, 5) is 18.6. The van der Waals surface area contributed by atoms with E-state index in [0.717, 1.165) is 32.4 Å². The van der Waals surface area contributed by atoms with Crippen LogP contribution in [0.4, 0.5) is 0 Å². The molecule has 1 aliphatic heterocycles. The van der Waals surface area contributed by atoms with Crippen LogP contribution in [0.15, 0.2) is 24.5 Å². The van der Waals surface area contributed by atoms with E-state index < -0.39 is 0 Å². The summed E-state index contributed by atoms with van der Waals surface area (Å²) >= 11 is 0. The molecule has 20 heavy (non-hydrogen) atoms. The summed E-state index contributed by atoms with van der Waals surface area (Å²) in [7, 11) is 0. The van der Waals surface area contributed by atoms with E-state index in [2.05, 4.69) is 30.2 Å². The van der Waals surface area contributed by atoms with E-state index in [1.165, 1.54) is 5.56 Å². The highest BCUT2D eigenvalue weighted by Crippen LogP contribution is 2.31. The van der Waals surface area contributed by atoms with Gasteiger partial charge in [0.05, 0.1) is 6.04 Å². The van der Waals surface area contributed by atoms with Crippen LogP contribution >= 0.6 is 0 Å². The van der Waals surface area contributed by atoms with Crippen molar-refractivity contribution in [2.45, 2.75) is 51.6 Å². The summed E-state index contributed by atoms with van der Waals surface area (Å²) in [6.07, 6.45) is 7.36. The Hall–Kier alpha value is -1.42. The maximum atomic E-state index is 12.4. The van der Waals surface area contributed by atoms with Crippen molar-refractivity contribution in [2.24, 2.45) is 0 Å². The quantitative estimate of drug-likeness (QED) is 0.811. The molecule has 110 valence electrons. The maximum absolute atomic E-state index is 12.4. The van der Waals surface area contributed by atoms with Crippen molar-refractivity contribution in [1.82, 2.24) is 15.2 Å². The van der Waals surface area contributed by atoms with E-state index in [0.29, 0.717) is 12.5 Å². The first-order valence-corrected chi connectivity index (χ1v) is 7.61. The molecule has 1 unspecified atom stereocenters. The first-order chi connectivity index (χ1) is 9.68. The SMILES string of the molecule is CC(C)NCCCC(=O)N1CCCC1c1cccnc1. The molecule has 4 heteroatoms. The molecule has 1 N–H and O–H groups in total. The minimum absolute atomic E-state index is 0.231. The number of nitrogens with zero attached hydrogens (tertiary/aromatic N) is 2. The van der Waals surface area contributed by atoms with Gasteiger partial charge in [0.1, 0.15) is 0 Å². The highest BCUT2D eigenvalue weighted by Gasteiger charge is 2.29. The number of hydrogen-bond acceptors (Lipinski definition) is 3. The molecule has 1 aromatic heterocycles. The Morgan fingerprint density at radius 3 is 3.10 bits per heavy atom. The van der Waals surface area contributed by atoms with Crippen molar-refractivity contribution in [3.05, 3.63) is 30.1 Å². The van der Waals surface area contributed by atoms with Gasteiger partial charge in [-0.15, -0.1) is 0 Å². The standard InChI is InChI=1S/C16H25N3O/c1-13(2)18-10-4-8-16(20)19-11-5-7-15(19)14-6-3-9-17-12-14/h3,6,9,12-13,15,18H,4-5,7-8,10-11H2,1-2H3. The van der Waals surface area contributed by atoms with E-state index in [4.69, 9.17) is 0 Å². The van der Waals surface area contributed by atoms with Crippen molar-refractivity contribution in [3.8, 4) is 0 Å². The molecule has 1 saturated heterocycles. The molecule has 1 amide bonds. The Balaban J connectivity index is 1.86. The van der Waals surface area contributed by atoms with Gasteiger partial charge >= 0.3 is 0 Å². The molecule has 0 aliphatic carbocycles. The summed E-state index contributed by atoms with van der Waals surface area (Å²) in [6, 6.07) is 4.74. The molecule has 0 radical (unpaired) electrons. The number of carbonyl (C=O) groups is 1. The monoisotopic (exact) mass is 275 g/mol. The van der Waals surface area contributed by atoms with Gasteiger partial charge in [-0.1, -0.05) is 19.9 Å². The summed E-state index contributed by atoms with van der Waals surface area (Å²) < 4.78 is 0. The van der Waals surface area contributed by atoms with Crippen LogP contribution in [0.25, 0.3) is 0 Å². The first-order valence-electron chi connectivity index (χ1n) is 7.61. The molecule has 0 aromatic carbocycles. The van der Waals surface area contributed by atoms with Crippen molar-refractivity contribution >= 4 is 5.91 Å². The van der Waals surface area contributed by atoms with Crippen LogP contribution in [0, 0.1) is 0 Å². The summed E-state index contributed by atoms with van der Waals surface area (Å²) in [5.74, 6) is 0.280. The fourth-order valence-electron chi connectivity index (χ4n) is 2.76. The normalized spacial score (nSPS) is 18.8. The lowest BCUT2D eigenvalue weighted by molar-refractivity contribution is -0.132. The highest BCUT2D eigenvalue weighted by molar-refractivity contribution is 5.77. The van der Waals surface area contributed by atoms with Crippen LogP contribution < -0.4 is 5.32 Å². The Bertz CT molecular complexity index is 419. The second kappa shape index (κ2) is 7.39. The second-order valence-corrected chi connectivity index (χ2v) is 5.74. The summed E-state index contributed by atoms with van der Waals surface area (Å²) in [6.45, 7) is 6.05. The fraction of sp³-hybridized carbons (Fsp3) is 0.625. The fourth-order valence-corrected chi connectivity index (χ4v) is 2.76.